The SMILES string of the molecule is Brc1ccc2c(c1)oc1c3ccccc3ccc21.C.CI.CI.CI.Nc1ccc(-c2cccc3c2oc2ccccc23)cc1.c1ccc2c(c1)ccc1c3ccc(N(c4ccc(-c5cccc6c5oc5ccccc56)cc4)c4ccc(-c5cccc6c5sc5ccccc56)cc4)cc3oc21.c1ccc2c(c1)ccc1c3ccc(Nc4ccc(-c5cccc6c5oc5ccccc56)cc4)cc3oc21. The maximum atomic E-state index is 6.68. The number of rotatable bonds is 9. The van der Waals surface area contributed by atoms with Gasteiger partial charge in [0.05, 0.1) is 0 Å². The van der Waals surface area contributed by atoms with Crippen molar-refractivity contribution in [3.8, 4) is 44.5 Å². The fourth-order valence-corrected chi connectivity index (χ4v) is 20.8. The van der Waals surface area contributed by atoms with Crippen molar-refractivity contribution in [2.45, 2.75) is 7.43 Å². The first-order chi connectivity index (χ1) is 67.7. The van der Waals surface area contributed by atoms with Gasteiger partial charge in [0.2, 0.25) is 0 Å². The first-order valence-corrected chi connectivity index (χ1v) is 53.0. The van der Waals surface area contributed by atoms with Gasteiger partial charge in [-0.2, -0.15) is 0 Å². The quantitative estimate of drug-likeness (QED) is 0.0827. The lowest BCUT2D eigenvalue weighted by molar-refractivity contribution is 0.669. The van der Waals surface area contributed by atoms with Gasteiger partial charge in [-0.3, -0.25) is 0 Å². The third kappa shape index (κ3) is 16.8. The molecule has 0 unspecified atom stereocenters. The first-order valence-electron chi connectivity index (χ1n) is 44.9. The topological polar surface area (TPSA) is 120 Å². The Kier molecular flexibility index (Phi) is 25.6. The van der Waals surface area contributed by atoms with E-state index in [4.69, 9.17) is 32.2 Å². The van der Waals surface area contributed by atoms with Crippen molar-refractivity contribution in [3.05, 3.63) is 435 Å². The number of thiophene rings is 1. The zero-order chi connectivity index (χ0) is 92.7. The van der Waals surface area contributed by atoms with Crippen molar-refractivity contribution < 1.29 is 26.5 Å². The molecule has 28 aromatic rings. The van der Waals surface area contributed by atoms with Gasteiger partial charge in [0.25, 0.3) is 0 Å². The van der Waals surface area contributed by atoms with Gasteiger partial charge in [0.15, 0.2) is 0 Å². The van der Waals surface area contributed by atoms with Crippen LogP contribution < -0.4 is 16.0 Å². The molecule has 0 aliphatic carbocycles. The molecular weight excluding hydrogens is 2120 g/mol. The predicted octanol–water partition coefficient (Wildman–Crippen LogP) is 40.0. The van der Waals surface area contributed by atoms with E-state index in [9.17, 15) is 0 Å². The molecule has 0 aliphatic rings. The van der Waals surface area contributed by atoms with Crippen LogP contribution in [0.4, 0.5) is 34.1 Å². The van der Waals surface area contributed by atoms with E-state index in [1.807, 2.05) is 117 Å². The molecule has 0 fully saturated rings. The molecule has 0 radical (unpaired) electrons. The third-order valence-electron chi connectivity index (χ3n) is 25.5. The number of fused-ring (bicyclic) bond motifs is 27. The molecule has 0 spiro atoms. The fraction of sp³-hybridized carbons (Fsp3) is 0.0323. The van der Waals surface area contributed by atoms with E-state index in [0.717, 1.165) is 204 Å². The molecular formula is C124H87BrI3N3O6S. The largest absolute Gasteiger partial charge is 0.455 e. The average molecular weight is 2210 g/mol. The number of para-hydroxylation sites is 6. The highest BCUT2D eigenvalue weighted by Crippen LogP contribution is 2.48. The summed E-state index contributed by atoms with van der Waals surface area (Å²) >= 11 is 11.8. The van der Waals surface area contributed by atoms with Crippen molar-refractivity contribution in [2.75, 3.05) is 30.7 Å². The molecule has 0 atom stereocenters. The summed E-state index contributed by atoms with van der Waals surface area (Å²) in [5.74, 6) is 0. The number of alkyl halides is 3. The molecule has 9 nitrogen and oxygen atoms in total. The minimum atomic E-state index is 0. The number of anilines is 6. The summed E-state index contributed by atoms with van der Waals surface area (Å²) in [7, 11) is 0. The molecule has 0 saturated heterocycles. The van der Waals surface area contributed by atoms with Crippen LogP contribution in [0.3, 0.4) is 0 Å². The van der Waals surface area contributed by atoms with Crippen LogP contribution in [0.2, 0.25) is 0 Å². The summed E-state index contributed by atoms with van der Waals surface area (Å²) in [6.07, 6.45) is 0. The van der Waals surface area contributed by atoms with Crippen molar-refractivity contribution in [1.29, 1.82) is 0 Å². The highest BCUT2D eigenvalue weighted by Gasteiger charge is 2.23. The standard InChI is InChI=1S/C52H31NO2S.C34H21NO2.C18H13NO.C16H9BrO.3CH3I.CH4/c1-2-10-38-32(9-1)23-29-45-42-30-28-37(31-48(42)55-51(38)45)53(35-24-19-33(20-25-35)39-13-7-15-44-41-11-3-5-17-47(41)54-50(39)44)36-26-21-34(22-27-36)40-14-8-16-46-43-12-4-6-18-49(43)56-52(40)46;1-2-7-25-21(6-1)14-18-30-28-19-17-24(20-32(28)37-34(25)30)35-23-15-12-22(13-16-23)26-9-5-10-29-27-8-3-4-11-31(27)36-33(26)29;19-13-10-8-12(9-11-13)14-5-3-6-16-15-4-1-2-7-17(15)20-18(14)16;17-11-6-8-13-14-7-5-10-3-1-2-4-12(10)16(14)18-15(13)9-11;3*1-2;/h1-31H;1-20,35H;1-11H,19H2;1-9H;3*1H3;1H4. The smallest absolute Gasteiger partial charge is 0.143 e. The Morgan fingerprint density at radius 2 is 0.543 bits per heavy atom. The van der Waals surface area contributed by atoms with Gasteiger partial charge in [-0.05, 0) is 192 Å². The molecule has 14 heteroatoms. The second-order valence-electron chi connectivity index (χ2n) is 33.2. The summed E-state index contributed by atoms with van der Waals surface area (Å²) < 4.78 is 41.4. The molecule has 138 heavy (non-hydrogen) atoms. The summed E-state index contributed by atoms with van der Waals surface area (Å²) in [6.45, 7) is 0. The molecule has 21 aromatic carbocycles. The maximum Gasteiger partial charge on any atom is 0.143 e. The van der Waals surface area contributed by atoms with Crippen LogP contribution >= 0.6 is 95.0 Å². The number of hydrogen-bond donors (Lipinski definition) is 2. The van der Waals surface area contributed by atoms with Crippen molar-refractivity contribution in [2.24, 2.45) is 0 Å². The number of nitrogens with one attached hydrogen (secondary N) is 1. The molecule has 0 aliphatic heterocycles. The summed E-state index contributed by atoms with van der Waals surface area (Å²) in [6, 6.07) is 150. The van der Waals surface area contributed by atoms with Gasteiger partial charge < -0.3 is 42.5 Å². The average Bonchev–Trinajstić information content (AvgIpc) is 1.61. The van der Waals surface area contributed by atoms with Crippen LogP contribution in [0.5, 0.6) is 0 Å². The zero-order valence-corrected chi connectivity index (χ0v) is 83.3. The Labute approximate surface area is 849 Å². The van der Waals surface area contributed by atoms with Crippen molar-refractivity contribution >= 4 is 313 Å². The molecule has 0 saturated carbocycles. The number of halogens is 4. The van der Waals surface area contributed by atoms with E-state index in [0.29, 0.717) is 0 Å². The van der Waals surface area contributed by atoms with Crippen molar-refractivity contribution in [1.82, 2.24) is 0 Å². The summed E-state index contributed by atoms with van der Waals surface area (Å²) in [5, 5.41) is 26.8. The van der Waals surface area contributed by atoms with Crippen LogP contribution in [0.15, 0.2) is 462 Å². The molecule has 0 bridgehead atoms. The van der Waals surface area contributed by atoms with E-state index in [2.05, 4.69) is 434 Å². The lowest BCUT2D eigenvalue weighted by Crippen LogP contribution is -2.09. The number of furan rings is 6. The Morgan fingerprint density at radius 3 is 1.00 bits per heavy atom. The maximum absolute atomic E-state index is 6.68. The van der Waals surface area contributed by atoms with Crippen LogP contribution in [-0.2, 0) is 0 Å². The van der Waals surface area contributed by atoms with Crippen molar-refractivity contribution in [3.63, 3.8) is 0 Å². The second-order valence-corrected chi connectivity index (χ2v) is 35.2. The first kappa shape index (κ1) is 90.0. The number of nitrogens with zero attached hydrogens (tertiary/aromatic N) is 1. The van der Waals surface area contributed by atoms with Crippen LogP contribution in [0, 0.1) is 0 Å². The highest BCUT2D eigenvalue weighted by atomic mass is 127. The van der Waals surface area contributed by atoms with Crippen LogP contribution in [0.1, 0.15) is 7.43 Å². The minimum Gasteiger partial charge on any atom is -0.455 e. The molecule has 28 rings (SSSR count). The summed E-state index contributed by atoms with van der Waals surface area (Å²) in [4.78, 5) is 8.23. The molecule has 7 heterocycles. The predicted molar refractivity (Wildman–Crippen MR) is 620 cm³/mol. The Balaban J connectivity index is 0.000000118. The lowest BCUT2D eigenvalue weighted by Gasteiger charge is -2.26. The summed E-state index contributed by atoms with van der Waals surface area (Å²) in [5.41, 5.74) is 31.7. The van der Waals surface area contributed by atoms with Gasteiger partial charge in [0.1, 0.15) is 67.0 Å². The van der Waals surface area contributed by atoms with Gasteiger partial charge in [0, 0.05) is 168 Å². The lowest BCUT2D eigenvalue weighted by atomic mass is 10.0. The Bertz CT molecular complexity index is 9240. The molecule has 7 aromatic heterocycles. The van der Waals surface area contributed by atoms with E-state index in [-0.39, 0.29) is 7.43 Å². The number of nitrogen functional groups attached to an aromatic ring is 1. The highest BCUT2D eigenvalue weighted by molar-refractivity contribution is 14.1. The van der Waals surface area contributed by atoms with E-state index < -0.39 is 0 Å². The van der Waals surface area contributed by atoms with E-state index in [1.54, 1.807) is 0 Å². The zero-order valence-electron chi connectivity index (χ0n) is 74.4. The third-order valence-corrected chi connectivity index (χ3v) is 27.2. The molecule has 0 amide bonds. The molecule has 3 N–H and O–H groups in total. The van der Waals surface area contributed by atoms with E-state index >= 15 is 0 Å². The van der Waals surface area contributed by atoms with Crippen LogP contribution in [0.25, 0.3) is 229 Å². The van der Waals surface area contributed by atoms with E-state index in [1.165, 1.54) is 63.6 Å². The van der Waals surface area contributed by atoms with Gasteiger partial charge in [-0.15, -0.1) is 11.3 Å². The fourth-order valence-electron chi connectivity index (χ4n) is 19.2. The monoisotopic (exact) mass is 2210 g/mol. The Morgan fingerprint density at radius 1 is 0.239 bits per heavy atom. The van der Waals surface area contributed by atoms with Gasteiger partial charge in [-0.1, -0.05) is 376 Å². The normalized spacial score (nSPS) is 11.3. The number of benzene rings is 21. The second kappa shape index (κ2) is 39.3. The molecule has 668 valence electrons. The minimum absolute atomic E-state index is 0. The number of hydrogen-bond acceptors (Lipinski definition) is 10. The number of nitrogens with two attached hydrogens (primary N) is 1. The van der Waals surface area contributed by atoms with Gasteiger partial charge in [-0.25, -0.2) is 0 Å². The van der Waals surface area contributed by atoms with Gasteiger partial charge >= 0.3 is 0 Å². The van der Waals surface area contributed by atoms with Crippen LogP contribution in [-0.4, -0.2) is 14.8 Å². The Hall–Kier alpha value is -14.5.